The molecule has 0 saturated heterocycles. The second-order valence-electron chi connectivity index (χ2n) is 11.9. The Morgan fingerprint density at radius 1 is 0.854 bits per heavy atom. The Labute approximate surface area is 240 Å². The number of aryl methyl sites for hydroxylation is 2. The minimum Gasteiger partial charge on any atom is -0.506 e. The molecule has 7 rings (SSSR count). The number of anilines is 1. The first-order chi connectivity index (χ1) is 19.8. The second-order valence-corrected chi connectivity index (χ2v) is 11.9. The highest BCUT2D eigenvalue weighted by Gasteiger charge is 2.50. The lowest BCUT2D eigenvalue weighted by atomic mass is 9.68. The fourth-order valence-corrected chi connectivity index (χ4v) is 6.77. The molecule has 2 heterocycles. The van der Waals surface area contributed by atoms with Crippen molar-refractivity contribution in [2.24, 2.45) is 10.4 Å². The van der Waals surface area contributed by atoms with Crippen molar-refractivity contribution in [1.29, 1.82) is 0 Å². The average molecular weight is 540 g/mol. The van der Waals surface area contributed by atoms with Crippen LogP contribution in [-0.2, 0) is 6.42 Å². The molecule has 0 radical (unpaired) electrons. The van der Waals surface area contributed by atoms with E-state index in [0.717, 1.165) is 23.2 Å². The Hall–Kier alpha value is -4.64. The van der Waals surface area contributed by atoms with Crippen molar-refractivity contribution in [3.05, 3.63) is 125 Å². The molecule has 0 fully saturated rings. The molecule has 0 bridgehead atoms. The van der Waals surface area contributed by atoms with Crippen LogP contribution in [0.15, 0.2) is 102 Å². The molecule has 1 aliphatic heterocycles. The maximum Gasteiger partial charge on any atom is 0.219 e. The van der Waals surface area contributed by atoms with Gasteiger partial charge >= 0.3 is 0 Å². The van der Waals surface area contributed by atoms with Crippen molar-refractivity contribution in [1.82, 2.24) is 4.98 Å². The van der Waals surface area contributed by atoms with Gasteiger partial charge in [-0.1, -0.05) is 80.6 Å². The standard InChI is InChI=1S/C36H33N3O2/c1-22-10-7-11-23(2)33(22)39-34-32(28-16-6-5-12-26(28)21-36(34,3)4)38-35(39)25-14-8-15-27(20-25)41-30-19-18-24-13-9-17-29(40)31(24)37-30/h5-20,32,34,40H,21H2,1-4H3/t32-,34+/m0/s1. The zero-order valence-electron chi connectivity index (χ0n) is 23.8. The number of nitrogens with zero attached hydrogens (tertiary/aromatic N) is 3. The fourth-order valence-electron chi connectivity index (χ4n) is 6.77. The van der Waals surface area contributed by atoms with Gasteiger partial charge in [0.05, 0.1) is 12.1 Å². The van der Waals surface area contributed by atoms with E-state index in [1.807, 2.05) is 42.5 Å². The van der Waals surface area contributed by atoms with Crippen LogP contribution >= 0.6 is 0 Å². The fraction of sp³-hybridized carbons (Fsp3) is 0.222. The minimum atomic E-state index is -0.00980. The third kappa shape index (κ3) is 4.24. The van der Waals surface area contributed by atoms with E-state index < -0.39 is 0 Å². The molecular formula is C36H33N3O2. The van der Waals surface area contributed by atoms with Crippen molar-refractivity contribution in [3.63, 3.8) is 0 Å². The number of hydrogen-bond acceptors (Lipinski definition) is 5. The van der Waals surface area contributed by atoms with E-state index in [4.69, 9.17) is 9.73 Å². The average Bonchev–Trinajstić information content (AvgIpc) is 3.35. The predicted molar refractivity (Wildman–Crippen MR) is 165 cm³/mol. The van der Waals surface area contributed by atoms with Gasteiger partial charge in [0.1, 0.15) is 22.9 Å². The van der Waals surface area contributed by atoms with Gasteiger partial charge in [-0.05, 0) is 72.2 Å². The molecule has 4 aromatic carbocycles. The zero-order chi connectivity index (χ0) is 28.3. The van der Waals surface area contributed by atoms with Gasteiger partial charge in [0.25, 0.3) is 0 Å². The van der Waals surface area contributed by atoms with E-state index in [9.17, 15) is 5.11 Å². The van der Waals surface area contributed by atoms with Crippen LogP contribution in [0.3, 0.4) is 0 Å². The maximum atomic E-state index is 10.3. The molecule has 1 aliphatic carbocycles. The van der Waals surface area contributed by atoms with Crippen molar-refractivity contribution in [3.8, 4) is 17.4 Å². The molecule has 2 aliphatic rings. The van der Waals surface area contributed by atoms with Crippen LogP contribution in [0.5, 0.6) is 17.4 Å². The molecule has 0 saturated carbocycles. The number of fused-ring (bicyclic) bond motifs is 4. The zero-order valence-corrected chi connectivity index (χ0v) is 23.8. The quantitative estimate of drug-likeness (QED) is 0.250. The smallest absolute Gasteiger partial charge is 0.219 e. The molecule has 1 N–H and O–H groups in total. The van der Waals surface area contributed by atoms with E-state index in [-0.39, 0.29) is 23.2 Å². The third-order valence-electron chi connectivity index (χ3n) is 8.56. The summed E-state index contributed by atoms with van der Waals surface area (Å²) in [6.45, 7) is 9.13. The largest absolute Gasteiger partial charge is 0.506 e. The molecule has 0 amide bonds. The summed E-state index contributed by atoms with van der Waals surface area (Å²) >= 11 is 0. The summed E-state index contributed by atoms with van der Waals surface area (Å²) in [6.07, 6.45) is 0.998. The van der Waals surface area contributed by atoms with Crippen LogP contribution in [0.25, 0.3) is 10.9 Å². The molecule has 0 spiro atoms. The van der Waals surface area contributed by atoms with Gasteiger partial charge in [0, 0.05) is 22.7 Å². The highest BCUT2D eigenvalue weighted by Crippen LogP contribution is 2.51. The second kappa shape index (κ2) is 9.48. The van der Waals surface area contributed by atoms with Gasteiger partial charge < -0.3 is 14.7 Å². The van der Waals surface area contributed by atoms with Gasteiger partial charge in [-0.3, -0.25) is 4.99 Å². The van der Waals surface area contributed by atoms with Crippen molar-refractivity contribution in [2.45, 2.75) is 46.2 Å². The van der Waals surface area contributed by atoms with Crippen LogP contribution in [-0.4, -0.2) is 22.0 Å². The summed E-state index contributed by atoms with van der Waals surface area (Å²) < 4.78 is 6.25. The van der Waals surface area contributed by atoms with Crippen molar-refractivity contribution < 1.29 is 9.84 Å². The molecule has 5 aromatic rings. The van der Waals surface area contributed by atoms with Gasteiger partial charge in [0.2, 0.25) is 5.88 Å². The lowest BCUT2D eigenvalue weighted by Gasteiger charge is -2.46. The Morgan fingerprint density at radius 2 is 1.61 bits per heavy atom. The third-order valence-corrected chi connectivity index (χ3v) is 8.56. The SMILES string of the molecule is Cc1cccc(C)c1N1C(c2cccc(Oc3ccc4cccc(O)c4n3)c2)=N[C@H]2c3ccccc3CC(C)(C)[C@@H]21. The number of rotatable bonds is 4. The van der Waals surface area contributed by atoms with Gasteiger partial charge in [-0.25, -0.2) is 4.98 Å². The molecule has 0 unspecified atom stereocenters. The number of aliphatic imine (C=N–C) groups is 1. The number of ether oxygens (including phenoxy) is 1. The first-order valence-corrected chi connectivity index (χ1v) is 14.2. The normalized spacial score (nSPS) is 19.0. The van der Waals surface area contributed by atoms with E-state index >= 15 is 0 Å². The summed E-state index contributed by atoms with van der Waals surface area (Å²) in [5.41, 5.74) is 7.90. The number of para-hydroxylation sites is 2. The summed E-state index contributed by atoms with van der Waals surface area (Å²) in [7, 11) is 0. The molecule has 5 nitrogen and oxygen atoms in total. The van der Waals surface area contributed by atoms with E-state index in [1.54, 1.807) is 6.07 Å². The Bertz CT molecular complexity index is 1820. The predicted octanol–water partition coefficient (Wildman–Crippen LogP) is 8.31. The number of phenolic OH excluding ortho intramolecular Hbond substituents is 1. The van der Waals surface area contributed by atoms with Gasteiger partial charge in [-0.15, -0.1) is 0 Å². The summed E-state index contributed by atoms with van der Waals surface area (Å²) in [6, 6.07) is 32.7. The van der Waals surface area contributed by atoms with Crippen LogP contribution in [0.2, 0.25) is 0 Å². The molecule has 2 atom stereocenters. The number of aromatic hydroxyl groups is 1. The number of benzene rings is 4. The monoisotopic (exact) mass is 539 g/mol. The van der Waals surface area contributed by atoms with E-state index in [0.29, 0.717) is 17.1 Å². The van der Waals surface area contributed by atoms with Crippen molar-refractivity contribution in [2.75, 3.05) is 4.90 Å². The first-order valence-electron chi connectivity index (χ1n) is 14.2. The number of hydrogen-bond donors (Lipinski definition) is 1. The molecular weight excluding hydrogens is 506 g/mol. The summed E-state index contributed by atoms with van der Waals surface area (Å²) in [4.78, 5) is 12.6. The van der Waals surface area contributed by atoms with Crippen LogP contribution < -0.4 is 9.64 Å². The minimum absolute atomic E-state index is 0.00980. The number of aromatic nitrogens is 1. The van der Waals surface area contributed by atoms with E-state index in [2.05, 4.69) is 86.1 Å². The van der Waals surface area contributed by atoms with Crippen LogP contribution in [0.1, 0.15) is 47.7 Å². The lowest BCUT2D eigenvalue weighted by molar-refractivity contribution is 0.244. The molecule has 41 heavy (non-hydrogen) atoms. The Morgan fingerprint density at radius 3 is 2.44 bits per heavy atom. The lowest BCUT2D eigenvalue weighted by Crippen LogP contribution is -2.50. The van der Waals surface area contributed by atoms with Gasteiger partial charge in [-0.2, -0.15) is 0 Å². The summed E-state index contributed by atoms with van der Waals surface area (Å²) in [5.74, 6) is 2.19. The highest BCUT2D eigenvalue weighted by molar-refractivity contribution is 6.13. The Balaban J connectivity index is 1.34. The topological polar surface area (TPSA) is 58.0 Å². The van der Waals surface area contributed by atoms with E-state index in [1.165, 1.54) is 27.9 Å². The van der Waals surface area contributed by atoms with Gasteiger partial charge in [0.15, 0.2) is 0 Å². The molecule has 204 valence electrons. The number of pyridine rings is 1. The first kappa shape index (κ1) is 25.3. The number of amidine groups is 1. The maximum absolute atomic E-state index is 10.3. The highest BCUT2D eigenvalue weighted by atomic mass is 16.5. The van der Waals surface area contributed by atoms with Crippen LogP contribution in [0.4, 0.5) is 5.69 Å². The molecule has 5 heteroatoms. The Kier molecular flexibility index (Phi) is 5.86. The number of phenols is 1. The van der Waals surface area contributed by atoms with Crippen LogP contribution in [0, 0.1) is 19.3 Å². The summed E-state index contributed by atoms with van der Waals surface area (Å²) in [5, 5.41) is 11.2. The molecule has 1 aromatic heterocycles. The van der Waals surface area contributed by atoms with Crippen molar-refractivity contribution >= 4 is 22.4 Å².